The fourth-order valence-corrected chi connectivity index (χ4v) is 4.31. The van der Waals surface area contributed by atoms with Crippen molar-refractivity contribution in [3.8, 4) is 22.7 Å². The molecule has 7 nitrogen and oxygen atoms in total. The zero-order valence-electron chi connectivity index (χ0n) is 15.9. The van der Waals surface area contributed by atoms with Gasteiger partial charge in [-0.2, -0.15) is 0 Å². The van der Waals surface area contributed by atoms with Gasteiger partial charge in [-0.15, -0.1) is 0 Å². The highest BCUT2D eigenvalue weighted by Crippen LogP contribution is 2.31. The Kier molecular flexibility index (Phi) is 4.74. The first kappa shape index (κ1) is 17.3. The largest absolute Gasteiger partial charge is 0.463 e. The molecule has 2 fully saturated rings. The Hall–Kier alpha value is -2.80. The van der Waals surface area contributed by atoms with E-state index in [1.807, 2.05) is 18.3 Å². The molecule has 4 heterocycles. The molecule has 28 heavy (non-hydrogen) atoms. The van der Waals surface area contributed by atoms with E-state index in [-0.39, 0.29) is 0 Å². The molecule has 0 unspecified atom stereocenters. The van der Waals surface area contributed by atoms with Crippen LogP contribution in [0.5, 0.6) is 0 Å². The molecule has 2 aliphatic rings. The first-order valence-corrected chi connectivity index (χ1v) is 10.0. The smallest absolute Gasteiger partial charge is 0.226 e. The molecule has 144 valence electrons. The fourth-order valence-electron chi connectivity index (χ4n) is 4.31. The van der Waals surface area contributed by atoms with Gasteiger partial charge in [0.1, 0.15) is 5.69 Å². The van der Waals surface area contributed by atoms with Gasteiger partial charge in [-0.05, 0) is 25.0 Å². The number of nitrogens with zero attached hydrogens (tertiary/aromatic N) is 6. The zero-order chi connectivity index (χ0) is 18.8. The summed E-state index contributed by atoms with van der Waals surface area (Å²) >= 11 is 0. The summed E-state index contributed by atoms with van der Waals surface area (Å²) in [5, 5.41) is 0. The number of rotatable bonds is 4. The van der Waals surface area contributed by atoms with Crippen LogP contribution in [0.1, 0.15) is 25.7 Å². The molecule has 0 aromatic carbocycles. The van der Waals surface area contributed by atoms with E-state index in [0.29, 0.717) is 5.76 Å². The maximum Gasteiger partial charge on any atom is 0.226 e. The van der Waals surface area contributed by atoms with Gasteiger partial charge in [-0.25, -0.2) is 9.97 Å². The topological polar surface area (TPSA) is 71.2 Å². The molecule has 0 bridgehead atoms. The lowest BCUT2D eigenvalue weighted by Crippen LogP contribution is -2.50. The lowest BCUT2D eigenvalue weighted by Gasteiger charge is -2.38. The summed E-state index contributed by atoms with van der Waals surface area (Å²) in [6.07, 6.45) is 14.0. The first-order valence-electron chi connectivity index (χ1n) is 10.0. The molecular formula is C21H24N6O. The minimum Gasteiger partial charge on any atom is -0.463 e. The molecule has 0 radical (unpaired) electrons. The summed E-state index contributed by atoms with van der Waals surface area (Å²) in [6.45, 7) is 4.07. The van der Waals surface area contributed by atoms with Crippen LogP contribution >= 0.6 is 0 Å². The normalized spacial score (nSPS) is 18.6. The highest BCUT2D eigenvalue weighted by Gasteiger charge is 2.27. The Bertz CT molecular complexity index is 900. The van der Waals surface area contributed by atoms with E-state index >= 15 is 0 Å². The summed E-state index contributed by atoms with van der Waals surface area (Å²) in [5.41, 5.74) is 2.33. The summed E-state index contributed by atoms with van der Waals surface area (Å²) < 4.78 is 5.64. The maximum atomic E-state index is 5.64. The molecule has 3 aromatic heterocycles. The predicted molar refractivity (Wildman–Crippen MR) is 107 cm³/mol. The summed E-state index contributed by atoms with van der Waals surface area (Å²) in [5.74, 6) is 1.47. The van der Waals surface area contributed by atoms with Crippen LogP contribution in [0.15, 0.2) is 47.6 Å². The van der Waals surface area contributed by atoms with Crippen molar-refractivity contribution in [1.82, 2.24) is 24.8 Å². The number of hydrogen-bond acceptors (Lipinski definition) is 7. The average Bonchev–Trinajstić information content (AvgIpc) is 3.48. The molecule has 5 rings (SSSR count). The second-order valence-electron chi connectivity index (χ2n) is 7.46. The highest BCUT2D eigenvalue weighted by molar-refractivity contribution is 5.76. The number of anilines is 1. The fraction of sp³-hybridized carbons (Fsp3) is 0.429. The van der Waals surface area contributed by atoms with Crippen molar-refractivity contribution in [3.05, 3.63) is 43.2 Å². The molecule has 3 aromatic rings. The van der Waals surface area contributed by atoms with Crippen LogP contribution in [0, 0.1) is 0 Å². The summed E-state index contributed by atoms with van der Waals surface area (Å²) in [7, 11) is 0. The summed E-state index contributed by atoms with van der Waals surface area (Å²) in [6, 6.07) is 4.57. The van der Waals surface area contributed by atoms with Crippen LogP contribution in [-0.4, -0.2) is 57.1 Å². The van der Waals surface area contributed by atoms with Crippen LogP contribution in [0.4, 0.5) is 5.95 Å². The van der Waals surface area contributed by atoms with Crippen LogP contribution in [0.2, 0.25) is 0 Å². The Labute approximate surface area is 164 Å². The Morgan fingerprint density at radius 2 is 1.82 bits per heavy atom. The lowest BCUT2D eigenvalue weighted by molar-refractivity contribution is 0.187. The van der Waals surface area contributed by atoms with Crippen molar-refractivity contribution in [3.63, 3.8) is 0 Å². The molecule has 7 heteroatoms. The zero-order valence-corrected chi connectivity index (χ0v) is 15.9. The number of hydrogen-bond donors (Lipinski definition) is 0. The first-order chi connectivity index (χ1) is 13.9. The van der Waals surface area contributed by atoms with Crippen LogP contribution in [0.3, 0.4) is 0 Å². The Balaban J connectivity index is 1.41. The maximum absolute atomic E-state index is 5.64. The van der Waals surface area contributed by atoms with E-state index in [1.54, 1.807) is 24.9 Å². The van der Waals surface area contributed by atoms with Gasteiger partial charge in [0.05, 0.1) is 18.2 Å². The van der Waals surface area contributed by atoms with Gasteiger partial charge in [0.25, 0.3) is 0 Å². The van der Waals surface area contributed by atoms with E-state index in [0.717, 1.165) is 55.1 Å². The molecule has 0 N–H and O–H groups in total. The Morgan fingerprint density at radius 3 is 2.54 bits per heavy atom. The van der Waals surface area contributed by atoms with Crippen molar-refractivity contribution >= 4 is 5.95 Å². The van der Waals surface area contributed by atoms with Crippen molar-refractivity contribution in [1.29, 1.82) is 0 Å². The molecule has 1 saturated heterocycles. The monoisotopic (exact) mass is 376 g/mol. The minimum atomic E-state index is 0.717. The van der Waals surface area contributed by atoms with E-state index in [2.05, 4.69) is 24.8 Å². The van der Waals surface area contributed by atoms with E-state index < -0.39 is 0 Å². The molecule has 1 aliphatic carbocycles. The third kappa shape index (κ3) is 3.38. The van der Waals surface area contributed by atoms with Crippen molar-refractivity contribution in [2.24, 2.45) is 0 Å². The SMILES string of the molecule is c1coc(-c2nc(N3CCN(C4CCCC4)CC3)ncc2-c2cnccn2)c1. The third-order valence-electron chi connectivity index (χ3n) is 5.81. The number of furan rings is 1. The molecule has 0 spiro atoms. The predicted octanol–water partition coefficient (Wildman–Crippen LogP) is 3.26. The van der Waals surface area contributed by atoms with Gasteiger partial charge < -0.3 is 9.32 Å². The quantitative estimate of drug-likeness (QED) is 0.692. The molecule has 1 aliphatic heterocycles. The minimum absolute atomic E-state index is 0.717. The molecule has 0 atom stereocenters. The molecule has 1 saturated carbocycles. The van der Waals surface area contributed by atoms with Gasteiger partial charge in [-0.3, -0.25) is 14.9 Å². The second-order valence-corrected chi connectivity index (χ2v) is 7.46. The van der Waals surface area contributed by atoms with Gasteiger partial charge in [-0.1, -0.05) is 12.8 Å². The van der Waals surface area contributed by atoms with E-state index in [1.165, 1.54) is 25.7 Å². The van der Waals surface area contributed by atoms with Crippen molar-refractivity contribution in [2.45, 2.75) is 31.7 Å². The molecule has 0 amide bonds. The van der Waals surface area contributed by atoms with Gasteiger partial charge in [0, 0.05) is 56.4 Å². The van der Waals surface area contributed by atoms with Gasteiger partial charge >= 0.3 is 0 Å². The van der Waals surface area contributed by atoms with Crippen molar-refractivity contribution in [2.75, 3.05) is 31.1 Å². The molecular weight excluding hydrogens is 352 g/mol. The van der Waals surface area contributed by atoms with Gasteiger partial charge in [0.15, 0.2) is 5.76 Å². The second kappa shape index (κ2) is 7.67. The highest BCUT2D eigenvalue weighted by atomic mass is 16.3. The number of piperazine rings is 1. The van der Waals surface area contributed by atoms with E-state index in [9.17, 15) is 0 Å². The van der Waals surface area contributed by atoms with Crippen LogP contribution in [-0.2, 0) is 0 Å². The summed E-state index contributed by atoms with van der Waals surface area (Å²) in [4.78, 5) is 23.0. The van der Waals surface area contributed by atoms with Crippen LogP contribution < -0.4 is 4.90 Å². The van der Waals surface area contributed by atoms with Crippen LogP contribution in [0.25, 0.3) is 22.7 Å². The standard InChI is InChI=1S/C21H24N6O/c1-2-5-16(4-1)26-9-11-27(12-10-26)21-24-14-17(18-15-22-7-8-23-18)20(25-21)19-6-3-13-28-19/h3,6-8,13-16H,1-2,4-5,9-12H2. The Morgan fingerprint density at radius 1 is 0.964 bits per heavy atom. The lowest BCUT2D eigenvalue weighted by atomic mass is 10.1. The average molecular weight is 376 g/mol. The van der Waals surface area contributed by atoms with Crippen molar-refractivity contribution < 1.29 is 4.42 Å². The third-order valence-corrected chi connectivity index (χ3v) is 5.81. The van der Waals surface area contributed by atoms with E-state index in [4.69, 9.17) is 9.40 Å². The number of aromatic nitrogens is 4. The van der Waals surface area contributed by atoms with Gasteiger partial charge in [0.2, 0.25) is 5.95 Å².